The molecule has 0 fully saturated rings. The molecule has 0 aliphatic rings. The minimum Gasteiger partial charge on any atom is -0.338 e. The van der Waals surface area contributed by atoms with E-state index in [0.717, 1.165) is 22.4 Å². The van der Waals surface area contributed by atoms with Crippen LogP contribution in [0.3, 0.4) is 0 Å². The van der Waals surface area contributed by atoms with E-state index in [0.29, 0.717) is 11.6 Å². The van der Waals surface area contributed by atoms with E-state index in [4.69, 9.17) is 11.6 Å². The third kappa shape index (κ3) is 3.65. The summed E-state index contributed by atoms with van der Waals surface area (Å²) in [6.45, 7) is 5.24. The molecule has 114 valence electrons. The number of amides is 1. The Morgan fingerprint density at radius 2 is 2.24 bits per heavy atom. The predicted octanol–water partition coefficient (Wildman–Crippen LogP) is 2.48. The first-order chi connectivity index (χ1) is 9.92. The molecule has 0 saturated carbocycles. The van der Waals surface area contributed by atoms with Gasteiger partial charge in [-0.05, 0) is 29.8 Å². The molecule has 2 rings (SSSR count). The average Bonchev–Trinajstić information content (AvgIpc) is 2.93. The quantitative estimate of drug-likeness (QED) is 0.808. The van der Waals surface area contributed by atoms with Gasteiger partial charge in [-0.3, -0.25) is 14.2 Å². The Hall–Kier alpha value is -1.34. The number of carbonyl (C=O) groups is 1. The first kappa shape index (κ1) is 16.0. The lowest BCUT2D eigenvalue weighted by Gasteiger charge is -2.18. The van der Waals surface area contributed by atoms with Crippen LogP contribution in [0.5, 0.6) is 0 Å². The van der Waals surface area contributed by atoms with Gasteiger partial charge in [0.2, 0.25) is 5.91 Å². The van der Waals surface area contributed by atoms with Gasteiger partial charge in [-0.2, -0.15) is 10.2 Å². The summed E-state index contributed by atoms with van der Waals surface area (Å²) in [6.07, 6.45) is 3.41. The maximum Gasteiger partial charge on any atom is 0.244 e. The number of aromatic nitrogens is 4. The fraction of sp³-hybridized carbons (Fsp3) is 0.462. The molecule has 8 heteroatoms. The van der Waals surface area contributed by atoms with Gasteiger partial charge < -0.3 is 4.90 Å². The van der Waals surface area contributed by atoms with Crippen LogP contribution in [0, 0.1) is 6.92 Å². The predicted molar refractivity (Wildman–Crippen MR) is 84.0 cm³/mol. The highest BCUT2D eigenvalue weighted by Crippen LogP contribution is 2.18. The minimum atomic E-state index is -0.0371. The van der Waals surface area contributed by atoms with Crippen LogP contribution < -0.4 is 0 Å². The number of carbonyl (C=O) groups excluding carboxylic acids is 1. The molecule has 0 aromatic carbocycles. The SMILES string of the molecule is CCn1ncc(Br)c1CN(C)C(=O)Cn1cc(Cl)c(C)n1. The average molecular weight is 375 g/mol. The van der Waals surface area contributed by atoms with Crippen molar-refractivity contribution in [1.82, 2.24) is 24.5 Å². The largest absolute Gasteiger partial charge is 0.338 e. The lowest BCUT2D eigenvalue weighted by Crippen LogP contribution is -2.31. The summed E-state index contributed by atoms with van der Waals surface area (Å²) in [6, 6.07) is 0. The molecule has 6 nitrogen and oxygen atoms in total. The Morgan fingerprint density at radius 3 is 2.81 bits per heavy atom. The lowest BCUT2D eigenvalue weighted by molar-refractivity contribution is -0.131. The van der Waals surface area contributed by atoms with Gasteiger partial charge in [-0.25, -0.2) is 0 Å². The molecule has 0 aliphatic heterocycles. The topological polar surface area (TPSA) is 56.0 Å². The van der Waals surface area contributed by atoms with Gasteiger partial charge in [-0.15, -0.1) is 0 Å². The minimum absolute atomic E-state index is 0.0371. The fourth-order valence-electron chi connectivity index (χ4n) is 1.96. The fourth-order valence-corrected chi connectivity index (χ4v) is 2.54. The molecule has 21 heavy (non-hydrogen) atoms. The molecule has 0 bridgehead atoms. The third-order valence-electron chi connectivity index (χ3n) is 3.19. The number of nitrogens with zero attached hydrogens (tertiary/aromatic N) is 5. The molecule has 0 radical (unpaired) electrons. The van der Waals surface area contributed by atoms with Crippen LogP contribution in [-0.4, -0.2) is 37.4 Å². The maximum atomic E-state index is 12.2. The van der Waals surface area contributed by atoms with Crippen LogP contribution in [0.1, 0.15) is 18.3 Å². The molecule has 0 aliphatic carbocycles. The molecule has 2 heterocycles. The zero-order valence-electron chi connectivity index (χ0n) is 12.2. The van der Waals surface area contributed by atoms with Crippen LogP contribution in [0.4, 0.5) is 0 Å². The summed E-state index contributed by atoms with van der Waals surface area (Å²) in [7, 11) is 1.76. The van der Waals surface area contributed by atoms with Crippen molar-refractivity contribution in [3.63, 3.8) is 0 Å². The van der Waals surface area contributed by atoms with Crippen molar-refractivity contribution in [2.24, 2.45) is 0 Å². The molecule has 0 unspecified atom stereocenters. The number of hydrogen-bond acceptors (Lipinski definition) is 3. The molecule has 2 aromatic rings. The molecule has 0 N–H and O–H groups in total. The van der Waals surface area contributed by atoms with Gasteiger partial charge >= 0.3 is 0 Å². The standard InChI is InChI=1S/C13H17BrClN5O/c1-4-20-12(10(14)5-16-20)7-18(3)13(21)8-19-6-11(15)9(2)17-19/h5-6H,4,7-8H2,1-3H3. The number of aryl methyl sites for hydroxylation is 2. The summed E-state index contributed by atoms with van der Waals surface area (Å²) in [5, 5.41) is 9.00. The van der Waals surface area contributed by atoms with Crippen LogP contribution >= 0.6 is 27.5 Å². The van der Waals surface area contributed by atoms with E-state index in [1.165, 1.54) is 0 Å². The Kier molecular flexibility index (Phi) is 5.05. The van der Waals surface area contributed by atoms with Crippen LogP contribution in [0.2, 0.25) is 5.02 Å². The summed E-state index contributed by atoms with van der Waals surface area (Å²) in [5.74, 6) is -0.0371. The molecular formula is C13H17BrClN5O. The normalized spacial score (nSPS) is 10.9. The van der Waals surface area contributed by atoms with Gasteiger partial charge in [-0.1, -0.05) is 11.6 Å². The smallest absolute Gasteiger partial charge is 0.244 e. The zero-order chi connectivity index (χ0) is 15.6. The number of hydrogen-bond donors (Lipinski definition) is 0. The number of rotatable bonds is 5. The Morgan fingerprint density at radius 1 is 1.52 bits per heavy atom. The van der Waals surface area contributed by atoms with Crippen molar-refractivity contribution in [3.05, 3.63) is 33.3 Å². The van der Waals surface area contributed by atoms with E-state index in [9.17, 15) is 4.79 Å². The summed E-state index contributed by atoms with van der Waals surface area (Å²) in [4.78, 5) is 13.9. The van der Waals surface area contributed by atoms with Crippen molar-refractivity contribution in [3.8, 4) is 0 Å². The summed E-state index contributed by atoms with van der Waals surface area (Å²) >= 11 is 9.40. The second-order valence-corrected chi connectivity index (χ2v) is 6.03. The molecule has 2 aromatic heterocycles. The van der Waals surface area contributed by atoms with E-state index in [-0.39, 0.29) is 12.5 Å². The number of likely N-dealkylation sites (N-methyl/N-ethyl adjacent to an activating group) is 1. The first-order valence-electron chi connectivity index (χ1n) is 6.56. The highest BCUT2D eigenvalue weighted by atomic mass is 79.9. The van der Waals surface area contributed by atoms with Crippen molar-refractivity contribution in [2.75, 3.05) is 7.05 Å². The van der Waals surface area contributed by atoms with Crippen molar-refractivity contribution >= 4 is 33.4 Å². The number of halogens is 2. The van der Waals surface area contributed by atoms with E-state index in [1.807, 2.05) is 18.5 Å². The maximum absolute atomic E-state index is 12.2. The van der Waals surface area contributed by atoms with Crippen LogP contribution in [-0.2, 0) is 24.4 Å². The molecular weight excluding hydrogens is 358 g/mol. The highest BCUT2D eigenvalue weighted by molar-refractivity contribution is 9.10. The van der Waals surface area contributed by atoms with Gasteiger partial charge in [0.1, 0.15) is 6.54 Å². The molecule has 0 saturated heterocycles. The van der Waals surface area contributed by atoms with E-state index in [2.05, 4.69) is 26.1 Å². The second-order valence-electron chi connectivity index (χ2n) is 4.76. The molecule has 0 atom stereocenters. The molecule has 1 amide bonds. The van der Waals surface area contributed by atoms with Gasteiger partial charge in [0, 0.05) is 19.8 Å². The monoisotopic (exact) mass is 373 g/mol. The second kappa shape index (κ2) is 6.62. The summed E-state index contributed by atoms with van der Waals surface area (Å²) < 4.78 is 4.33. The van der Waals surface area contributed by atoms with E-state index < -0.39 is 0 Å². The summed E-state index contributed by atoms with van der Waals surface area (Å²) in [5.41, 5.74) is 1.70. The van der Waals surface area contributed by atoms with Crippen LogP contribution in [0.15, 0.2) is 16.9 Å². The molecule has 0 spiro atoms. The van der Waals surface area contributed by atoms with Crippen molar-refractivity contribution in [2.45, 2.75) is 33.5 Å². The third-order valence-corrected chi connectivity index (χ3v) is 4.23. The lowest BCUT2D eigenvalue weighted by atomic mass is 10.3. The first-order valence-corrected chi connectivity index (χ1v) is 7.73. The van der Waals surface area contributed by atoms with Gasteiger partial charge in [0.15, 0.2) is 0 Å². The van der Waals surface area contributed by atoms with Crippen molar-refractivity contribution < 1.29 is 4.79 Å². The zero-order valence-corrected chi connectivity index (χ0v) is 14.5. The highest BCUT2D eigenvalue weighted by Gasteiger charge is 2.16. The van der Waals surface area contributed by atoms with E-state index in [1.54, 1.807) is 29.0 Å². The van der Waals surface area contributed by atoms with E-state index >= 15 is 0 Å². The Bertz CT molecular complexity index is 632. The van der Waals surface area contributed by atoms with Crippen molar-refractivity contribution in [1.29, 1.82) is 0 Å². The Balaban J connectivity index is 2.04. The van der Waals surface area contributed by atoms with Crippen LogP contribution in [0.25, 0.3) is 0 Å². The Labute approximate surface area is 136 Å². The van der Waals surface area contributed by atoms with Gasteiger partial charge in [0.05, 0.1) is 33.6 Å². The van der Waals surface area contributed by atoms with Gasteiger partial charge in [0.25, 0.3) is 0 Å².